The number of nitrogens with two attached hydrogens (primary N) is 1. The number of β-amino-alcohol motifs (C(OH)–C–C–N with tert-alkyl or cyclic N) is 1. The lowest BCUT2D eigenvalue weighted by atomic mass is 9.93. The average Bonchev–Trinajstić information content (AvgIpc) is 2.87. The number of hydrogen-bond acceptors (Lipinski definition) is 3. The Bertz CT molecular complexity index is 368. The van der Waals surface area contributed by atoms with E-state index in [1.54, 1.807) is 0 Å². The lowest BCUT2D eigenvalue weighted by Gasteiger charge is -2.32. The highest BCUT2D eigenvalue weighted by Gasteiger charge is 2.32. The van der Waals surface area contributed by atoms with Crippen LogP contribution < -0.4 is 5.73 Å². The summed E-state index contributed by atoms with van der Waals surface area (Å²) in [7, 11) is 0. The Morgan fingerprint density at radius 3 is 2.67 bits per heavy atom. The first-order chi connectivity index (χ1) is 8.68. The highest BCUT2D eigenvalue weighted by atomic mass is 16.3. The molecule has 3 N–H and O–H groups in total. The zero-order valence-corrected chi connectivity index (χ0v) is 11.2. The van der Waals surface area contributed by atoms with Crippen molar-refractivity contribution in [1.29, 1.82) is 0 Å². The molecule has 2 rings (SSSR count). The van der Waals surface area contributed by atoms with E-state index in [-0.39, 0.29) is 6.54 Å². The molecule has 0 saturated carbocycles. The molecule has 0 radical (unpaired) electrons. The van der Waals surface area contributed by atoms with Crippen LogP contribution in [0.15, 0.2) is 30.3 Å². The van der Waals surface area contributed by atoms with Crippen LogP contribution in [0, 0.1) is 5.92 Å². The van der Waals surface area contributed by atoms with Gasteiger partial charge < -0.3 is 10.8 Å². The normalized spacial score (nSPS) is 24.1. The summed E-state index contributed by atoms with van der Waals surface area (Å²) < 4.78 is 0. The van der Waals surface area contributed by atoms with Crippen molar-refractivity contribution in [2.75, 3.05) is 26.2 Å². The van der Waals surface area contributed by atoms with Crippen molar-refractivity contribution in [3.63, 3.8) is 0 Å². The molecular formula is C15H24N2O. The van der Waals surface area contributed by atoms with Crippen LogP contribution in [0.1, 0.15) is 25.3 Å². The molecule has 1 heterocycles. The zero-order valence-electron chi connectivity index (χ0n) is 11.2. The van der Waals surface area contributed by atoms with Gasteiger partial charge in [0.2, 0.25) is 0 Å². The molecule has 18 heavy (non-hydrogen) atoms. The molecule has 3 heteroatoms. The fourth-order valence-corrected chi connectivity index (χ4v) is 2.78. The van der Waals surface area contributed by atoms with Crippen molar-refractivity contribution in [3.8, 4) is 0 Å². The molecule has 0 aliphatic carbocycles. The van der Waals surface area contributed by atoms with E-state index in [9.17, 15) is 5.11 Å². The SMILES string of the molecule is CCC1CCN(CC(O)(CN)c2ccccc2)C1. The van der Waals surface area contributed by atoms with Gasteiger partial charge >= 0.3 is 0 Å². The number of rotatable bonds is 5. The van der Waals surface area contributed by atoms with Gasteiger partial charge in [-0.2, -0.15) is 0 Å². The second-order valence-corrected chi connectivity index (χ2v) is 5.40. The Hall–Kier alpha value is -0.900. The Labute approximate surface area is 110 Å². The predicted molar refractivity (Wildman–Crippen MR) is 74.2 cm³/mol. The molecule has 3 nitrogen and oxygen atoms in total. The van der Waals surface area contributed by atoms with Gasteiger partial charge in [0.1, 0.15) is 5.60 Å². The number of benzene rings is 1. The van der Waals surface area contributed by atoms with Crippen molar-refractivity contribution in [2.24, 2.45) is 11.7 Å². The Kier molecular flexibility index (Phi) is 4.38. The van der Waals surface area contributed by atoms with Crippen molar-refractivity contribution in [1.82, 2.24) is 4.90 Å². The van der Waals surface area contributed by atoms with Crippen molar-refractivity contribution in [2.45, 2.75) is 25.4 Å². The van der Waals surface area contributed by atoms with Crippen LogP contribution in [0.5, 0.6) is 0 Å². The third-order valence-electron chi connectivity index (χ3n) is 4.08. The van der Waals surface area contributed by atoms with E-state index in [4.69, 9.17) is 5.73 Å². The Morgan fingerprint density at radius 1 is 1.39 bits per heavy atom. The van der Waals surface area contributed by atoms with Crippen LogP contribution in [0.25, 0.3) is 0 Å². The van der Waals surface area contributed by atoms with Gasteiger partial charge in [-0.05, 0) is 24.4 Å². The quantitative estimate of drug-likeness (QED) is 0.831. The molecule has 1 aromatic carbocycles. The van der Waals surface area contributed by atoms with E-state index in [0.717, 1.165) is 24.6 Å². The summed E-state index contributed by atoms with van der Waals surface area (Å²) in [5.74, 6) is 0.780. The molecule has 0 bridgehead atoms. The van der Waals surface area contributed by atoms with Gasteiger partial charge in [-0.3, -0.25) is 4.90 Å². The molecule has 1 aromatic rings. The van der Waals surface area contributed by atoms with E-state index < -0.39 is 5.60 Å². The molecule has 2 unspecified atom stereocenters. The molecular weight excluding hydrogens is 224 g/mol. The summed E-state index contributed by atoms with van der Waals surface area (Å²) in [5, 5.41) is 10.7. The minimum absolute atomic E-state index is 0.268. The predicted octanol–water partition coefficient (Wildman–Crippen LogP) is 1.56. The fourth-order valence-electron chi connectivity index (χ4n) is 2.78. The Balaban J connectivity index is 2.05. The minimum Gasteiger partial charge on any atom is -0.382 e. The van der Waals surface area contributed by atoms with Crippen LogP contribution in [-0.4, -0.2) is 36.2 Å². The van der Waals surface area contributed by atoms with Crippen molar-refractivity contribution < 1.29 is 5.11 Å². The van der Waals surface area contributed by atoms with Crippen molar-refractivity contribution >= 4 is 0 Å². The van der Waals surface area contributed by atoms with E-state index in [0.29, 0.717) is 6.54 Å². The first kappa shape index (κ1) is 13.5. The van der Waals surface area contributed by atoms with Crippen LogP contribution in [-0.2, 0) is 5.60 Å². The summed E-state index contributed by atoms with van der Waals surface area (Å²) >= 11 is 0. The third-order valence-corrected chi connectivity index (χ3v) is 4.08. The molecule has 100 valence electrons. The maximum atomic E-state index is 10.7. The second-order valence-electron chi connectivity index (χ2n) is 5.40. The summed E-state index contributed by atoms with van der Waals surface area (Å²) in [6.45, 7) is 5.31. The summed E-state index contributed by atoms with van der Waals surface area (Å²) in [6.07, 6.45) is 2.47. The van der Waals surface area contributed by atoms with Gasteiger partial charge in [0, 0.05) is 19.6 Å². The summed E-state index contributed by atoms with van der Waals surface area (Å²) in [6, 6.07) is 9.79. The standard InChI is InChI=1S/C15H24N2O/c1-2-13-8-9-17(10-13)12-15(18,11-16)14-6-4-3-5-7-14/h3-7,13,18H,2,8-12,16H2,1H3. The molecule has 1 aliphatic heterocycles. The Morgan fingerprint density at radius 2 is 2.11 bits per heavy atom. The monoisotopic (exact) mass is 248 g/mol. The molecule has 2 atom stereocenters. The number of nitrogens with zero attached hydrogens (tertiary/aromatic N) is 1. The summed E-state index contributed by atoms with van der Waals surface area (Å²) in [5.41, 5.74) is 5.82. The molecule has 0 aromatic heterocycles. The molecule has 1 fully saturated rings. The molecule has 0 spiro atoms. The largest absolute Gasteiger partial charge is 0.382 e. The van der Waals surface area contributed by atoms with Gasteiger partial charge in [0.15, 0.2) is 0 Å². The number of likely N-dealkylation sites (tertiary alicyclic amines) is 1. The number of aliphatic hydroxyl groups is 1. The first-order valence-corrected chi connectivity index (χ1v) is 6.88. The van der Waals surface area contributed by atoms with E-state index in [1.807, 2.05) is 30.3 Å². The van der Waals surface area contributed by atoms with E-state index in [2.05, 4.69) is 11.8 Å². The van der Waals surface area contributed by atoms with E-state index >= 15 is 0 Å². The van der Waals surface area contributed by atoms with Crippen LogP contribution in [0.3, 0.4) is 0 Å². The van der Waals surface area contributed by atoms with Crippen LogP contribution in [0.2, 0.25) is 0 Å². The van der Waals surface area contributed by atoms with Crippen LogP contribution in [0.4, 0.5) is 0 Å². The van der Waals surface area contributed by atoms with Gasteiger partial charge in [0.25, 0.3) is 0 Å². The lowest BCUT2D eigenvalue weighted by molar-refractivity contribution is 0.0122. The second kappa shape index (κ2) is 5.83. The van der Waals surface area contributed by atoms with Gasteiger partial charge in [-0.25, -0.2) is 0 Å². The third kappa shape index (κ3) is 2.91. The van der Waals surface area contributed by atoms with Crippen LogP contribution >= 0.6 is 0 Å². The highest BCUT2D eigenvalue weighted by Crippen LogP contribution is 2.26. The van der Waals surface area contributed by atoms with Gasteiger partial charge in [-0.15, -0.1) is 0 Å². The maximum absolute atomic E-state index is 10.7. The van der Waals surface area contributed by atoms with Crippen molar-refractivity contribution in [3.05, 3.63) is 35.9 Å². The van der Waals surface area contributed by atoms with Gasteiger partial charge in [-0.1, -0.05) is 43.7 Å². The fraction of sp³-hybridized carbons (Fsp3) is 0.600. The van der Waals surface area contributed by atoms with Gasteiger partial charge in [0.05, 0.1) is 0 Å². The lowest BCUT2D eigenvalue weighted by Crippen LogP contribution is -2.45. The maximum Gasteiger partial charge on any atom is 0.114 e. The average molecular weight is 248 g/mol. The highest BCUT2D eigenvalue weighted by molar-refractivity contribution is 5.23. The minimum atomic E-state index is -0.913. The molecule has 1 aliphatic rings. The smallest absolute Gasteiger partial charge is 0.114 e. The number of hydrogen-bond donors (Lipinski definition) is 2. The summed E-state index contributed by atoms with van der Waals surface area (Å²) in [4.78, 5) is 2.34. The molecule has 0 amide bonds. The topological polar surface area (TPSA) is 49.5 Å². The van der Waals surface area contributed by atoms with E-state index in [1.165, 1.54) is 12.8 Å². The first-order valence-electron chi connectivity index (χ1n) is 6.88. The molecule has 1 saturated heterocycles. The zero-order chi connectivity index (χ0) is 13.0.